The van der Waals surface area contributed by atoms with Gasteiger partial charge in [0, 0.05) is 37.5 Å². The summed E-state index contributed by atoms with van der Waals surface area (Å²) < 4.78 is 2.32. The Labute approximate surface area is 195 Å². The fraction of sp³-hybridized carbons (Fsp3) is 0.346. The molecular formula is C26H30ClN5. The molecule has 2 aromatic carbocycles. The number of hydrogen-bond acceptors (Lipinski definition) is 4. The highest BCUT2D eigenvalue weighted by molar-refractivity contribution is 6.22. The van der Waals surface area contributed by atoms with Crippen LogP contribution in [0.15, 0.2) is 77.7 Å². The van der Waals surface area contributed by atoms with E-state index in [0.29, 0.717) is 0 Å². The normalized spacial score (nSPS) is 17.9. The first kappa shape index (κ1) is 21.0. The van der Waals surface area contributed by atoms with Gasteiger partial charge in [0.15, 0.2) is 11.5 Å². The molecule has 0 radical (unpaired) electrons. The highest BCUT2D eigenvalue weighted by Crippen LogP contribution is 2.24. The maximum atomic E-state index is 6.26. The van der Waals surface area contributed by atoms with E-state index in [4.69, 9.17) is 11.6 Å². The smallest absolute Gasteiger partial charge is 0.197 e. The van der Waals surface area contributed by atoms with Crippen molar-refractivity contribution >= 4 is 28.3 Å². The van der Waals surface area contributed by atoms with Gasteiger partial charge >= 0.3 is 0 Å². The number of benzene rings is 2. The largest absolute Gasteiger partial charge is 0.354 e. The number of amidine groups is 1. The molecule has 5 rings (SSSR count). The molecule has 0 spiro atoms. The van der Waals surface area contributed by atoms with E-state index in [1.54, 1.807) is 0 Å². The molecule has 1 aromatic heterocycles. The van der Waals surface area contributed by atoms with Gasteiger partial charge < -0.3 is 19.7 Å². The van der Waals surface area contributed by atoms with Crippen molar-refractivity contribution in [1.29, 1.82) is 0 Å². The van der Waals surface area contributed by atoms with Gasteiger partial charge in [0.2, 0.25) is 0 Å². The van der Waals surface area contributed by atoms with Crippen LogP contribution in [0.4, 0.5) is 0 Å². The van der Waals surface area contributed by atoms with Gasteiger partial charge in [0.1, 0.15) is 0 Å². The average Bonchev–Trinajstić information content (AvgIpc) is 3.37. The molecule has 5 nitrogen and oxygen atoms in total. The van der Waals surface area contributed by atoms with Crippen molar-refractivity contribution in [2.45, 2.75) is 44.9 Å². The molecule has 3 heterocycles. The first-order valence-corrected chi connectivity index (χ1v) is 11.9. The minimum absolute atomic E-state index is 0.370. The number of rotatable bonds is 8. The van der Waals surface area contributed by atoms with E-state index in [0.717, 1.165) is 37.8 Å². The third kappa shape index (κ3) is 4.49. The van der Waals surface area contributed by atoms with E-state index in [-0.39, 0.29) is 5.62 Å². The second kappa shape index (κ2) is 9.29. The highest BCUT2D eigenvalue weighted by Gasteiger charge is 2.29. The van der Waals surface area contributed by atoms with E-state index in [2.05, 4.69) is 98.6 Å². The number of alkyl halides is 1. The molecule has 32 heavy (non-hydrogen) atoms. The number of aromatic nitrogens is 1. The zero-order chi connectivity index (χ0) is 21.9. The molecule has 3 aromatic rings. The van der Waals surface area contributed by atoms with Crippen LogP contribution in [-0.2, 0) is 13.1 Å². The fourth-order valence-corrected chi connectivity index (χ4v) is 4.79. The maximum Gasteiger partial charge on any atom is 0.197 e. The van der Waals surface area contributed by atoms with Gasteiger partial charge in [-0.2, -0.15) is 0 Å². The second-order valence-electron chi connectivity index (χ2n) is 8.66. The van der Waals surface area contributed by atoms with Crippen LogP contribution in [-0.4, -0.2) is 39.0 Å². The SMILES string of the molecule is CCCCCN1CN(Cc2ccc3c(ccn3Cc3ccccc3)c2)C=C2NC(Cl)N=C21. The third-order valence-corrected chi connectivity index (χ3v) is 6.37. The van der Waals surface area contributed by atoms with Gasteiger partial charge in [0.05, 0.1) is 12.4 Å². The van der Waals surface area contributed by atoms with Gasteiger partial charge in [0.25, 0.3) is 0 Å². The van der Waals surface area contributed by atoms with E-state index in [1.165, 1.54) is 41.3 Å². The van der Waals surface area contributed by atoms with E-state index >= 15 is 0 Å². The maximum absolute atomic E-state index is 6.26. The average molecular weight is 448 g/mol. The summed E-state index contributed by atoms with van der Waals surface area (Å²) in [6, 6.07) is 19.6. The number of halogens is 1. The van der Waals surface area contributed by atoms with Crippen LogP contribution >= 0.6 is 11.6 Å². The fourth-order valence-electron chi connectivity index (χ4n) is 4.58. The molecule has 0 amide bonds. The standard InChI is InChI=1S/C26H30ClN5/c1-2-3-7-13-32-19-30(18-23-25(32)29-26(27)28-23)16-21-10-11-24-22(15-21)12-14-31(24)17-20-8-5-4-6-9-20/h4-6,8-12,14-15,18,26,28H,2-3,7,13,16-17,19H2,1H3. The topological polar surface area (TPSA) is 35.8 Å². The Bertz CT molecular complexity index is 1130. The Kier molecular flexibility index (Phi) is 6.08. The summed E-state index contributed by atoms with van der Waals surface area (Å²) in [6.45, 7) is 5.83. The second-order valence-corrected chi connectivity index (χ2v) is 9.07. The van der Waals surface area contributed by atoms with Crippen LogP contribution in [0.25, 0.3) is 10.9 Å². The Balaban J connectivity index is 1.32. The van der Waals surface area contributed by atoms with Gasteiger partial charge in [-0.15, -0.1) is 0 Å². The minimum Gasteiger partial charge on any atom is -0.354 e. The number of nitrogens with one attached hydrogen (secondary N) is 1. The molecule has 1 unspecified atom stereocenters. The van der Waals surface area contributed by atoms with Crippen molar-refractivity contribution in [2.24, 2.45) is 4.99 Å². The molecule has 0 bridgehead atoms. The molecule has 0 aliphatic carbocycles. The van der Waals surface area contributed by atoms with Crippen molar-refractivity contribution in [1.82, 2.24) is 19.7 Å². The summed E-state index contributed by atoms with van der Waals surface area (Å²) >= 11 is 6.26. The molecule has 1 N–H and O–H groups in total. The first-order chi connectivity index (χ1) is 15.7. The van der Waals surface area contributed by atoms with Crippen LogP contribution < -0.4 is 5.32 Å². The summed E-state index contributed by atoms with van der Waals surface area (Å²) in [6.07, 6.45) is 7.97. The van der Waals surface area contributed by atoms with Crippen molar-refractivity contribution in [3.63, 3.8) is 0 Å². The third-order valence-electron chi connectivity index (χ3n) is 6.16. The molecule has 166 valence electrons. The van der Waals surface area contributed by atoms with Crippen LogP contribution in [0.5, 0.6) is 0 Å². The lowest BCUT2D eigenvalue weighted by molar-refractivity contribution is 0.226. The summed E-state index contributed by atoms with van der Waals surface area (Å²) in [5.74, 6) is 1.01. The highest BCUT2D eigenvalue weighted by atomic mass is 35.5. The van der Waals surface area contributed by atoms with Crippen molar-refractivity contribution < 1.29 is 0 Å². The van der Waals surface area contributed by atoms with E-state index < -0.39 is 0 Å². The zero-order valence-electron chi connectivity index (χ0n) is 18.5. The predicted octanol–water partition coefficient (Wildman–Crippen LogP) is 5.32. The van der Waals surface area contributed by atoms with Gasteiger partial charge in [-0.1, -0.05) is 67.8 Å². The van der Waals surface area contributed by atoms with Gasteiger partial charge in [-0.25, -0.2) is 4.99 Å². The van der Waals surface area contributed by atoms with Gasteiger partial charge in [-0.05, 0) is 41.1 Å². The Morgan fingerprint density at radius 2 is 1.91 bits per heavy atom. The number of fused-ring (bicyclic) bond motifs is 2. The summed E-state index contributed by atoms with van der Waals surface area (Å²) in [7, 11) is 0. The van der Waals surface area contributed by atoms with Crippen molar-refractivity contribution in [3.05, 3.63) is 83.8 Å². The molecule has 0 saturated carbocycles. The zero-order valence-corrected chi connectivity index (χ0v) is 19.3. The molecule has 0 fully saturated rings. The number of aliphatic imine (C=N–C) groups is 1. The lowest BCUT2D eigenvalue weighted by atomic mass is 10.1. The van der Waals surface area contributed by atoms with E-state index in [9.17, 15) is 0 Å². The molecule has 2 aliphatic rings. The Hall–Kier alpha value is -2.92. The molecule has 1 atom stereocenters. The Morgan fingerprint density at radius 3 is 2.75 bits per heavy atom. The lowest BCUT2D eigenvalue weighted by Crippen LogP contribution is -2.45. The van der Waals surface area contributed by atoms with Crippen LogP contribution in [0.3, 0.4) is 0 Å². The molecular weight excluding hydrogens is 418 g/mol. The lowest BCUT2D eigenvalue weighted by Gasteiger charge is -2.36. The molecule has 2 aliphatic heterocycles. The number of unbranched alkanes of at least 4 members (excludes halogenated alkanes) is 2. The summed E-state index contributed by atoms with van der Waals surface area (Å²) in [5.41, 5.74) is 4.55. The van der Waals surface area contributed by atoms with E-state index in [1.807, 2.05) is 0 Å². The molecule has 6 heteroatoms. The monoisotopic (exact) mass is 447 g/mol. The summed E-state index contributed by atoms with van der Waals surface area (Å²) in [5, 5.41) is 4.57. The molecule has 0 saturated heterocycles. The predicted molar refractivity (Wildman–Crippen MR) is 132 cm³/mol. The Morgan fingerprint density at radius 1 is 1.03 bits per heavy atom. The quantitative estimate of drug-likeness (QED) is 0.288. The minimum atomic E-state index is -0.370. The van der Waals surface area contributed by atoms with Crippen LogP contribution in [0, 0.1) is 0 Å². The van der Waals surface area contributed by atoms with Crippen molar-refractivity contribution in [3.8, 4) is 0 Å². The first-order valence-electron chi connectivity index (χ1n) is 11.5. The van der Waals surface area contributed by atoms with Gasteiger partial charge in [-0.3, -0.25) is 0 Å². The summed E-state index contributed by atoms with van der Waals surface area (Å²) in [4.78, 5) is 9.30. The number of nitrogens with zero attached hydrogens (tertiary/aromatic N) is 4. The van der Waals surface area contributed by atoms with Crippen LogP contribution in [0.2, 0.25) is 0 Å². The van der Waals surface area contributed by atoms with Crippen molar-refractivity contribution in [2.75, 3.05) is 13.2 Å². The number of hydrogen-bond donors (Lipinski definition) is 1. The van der Waals surface area contributed by atoms with Crippen LogP contribution in [0.1, 0.15) is 37.3 Å².